The molecule has 0 bridgehead atoms. The van der Waals surface area contributed by atoms with Gasteiger partial charge in [0, 0.05) is 10.9 Å². The fraction of sp³-hybridized carbons (Fsp3) is 0.316. The first-order valence-electron chi connectivity index (χ1n) is 8.66. The zero-order chi connectivity index (χ0) is 20.1. The minimum absolute atomic E-state index is 0.160. The zero-order valence-corrected chi connectivity index (χ0v) is 16.8. The van der Waals surface area contributed by atoms with Crippen molar-refractivity contribution >= 4 is 29.0 Å². The maximum atomic E-state index is 12.4. The molecule has 0 saturated heterocycles. The molecule has 148 valence electrons. The van der Waals surface area contributed by atoms with Gasteiger partial charge in [-0.3, -0.25) is 9.69 Å². The van der Waals surface area contributed by atoms with Gasteiger partial charge >= 0.3 is 5.97 Å². The van der Waals surface area contributed by atoms with Crippen molar-refractivity contribution in [3.05, 3.63) is 57.8 Å². The first-order chi connectivity index (χ1) is 13.5. The number of hydrogen-bond acceptors (Lipinski definition) is 7. The average Bonchev–Trinajstić information content (AvgIpc) is 3.38. The van der Waals surface area contributed by atoms with Crippen molar-refractivity contribution in [2.24, 2.45) is 0 Å². The van der Waals surface area contributed by atoms with Gasteiger partial charge in [-0.2, -0.15) is 5.10 Å². The molecule has 3 aromatic rings. The van der Waals surface area contributed by atoms with Crippen LogP contribution in [0.5, 0.6) is 0 Å². The molecule has 0 saturated carbocycles. The molecule has 8 nitrogen and oxygen atoms in total. The Balaban J connectivity index is 1.55. The third-order valence-corrected chi connectivity index (χ3v) is 4.94. The van der Waals surface area contributed by atoms with Crippen molar-refractivity contribution in [1.29, 1.82) is 0 Å². The van der Waals surface area contributed by atoms with E-state index in [1.165, 1.54) is 7.11 Å². The smallest absolute Gasteiger partial charge is 0.341 e. The summed E-state index contributed by atoms with van der Waals surface area (Å²) < 4.78 is 12.1. The van der Waals surface area contributed by atoms with Gasteiger partial charge in [0.15, 0.2) is 0 Å². The Bertz CT molecular complexity index is 945. The van der Waals surface area contributed by atoms with Crippen molar-refractivity contribution in [2.45, 2.75) is 20.0 Å². The number of anilines is 1. The van der Waals surface area contributed by atoms with Gasteiger partial charge in [0.2, 0.25) is 5.91 Å². The van der Waals surface area contributed by atoms with Crippen LogP contribution in [-0.4, -0.2) is 47.3 Å². The van der Waals surface area contributed by atoms with E-state index in [1.807, 2.05) is 17.5 Å². The van der Waals surface area contributed by atoms with E-state index >= 15 is 0 Å². The van der Waals surface area contributed by atoms with Crippen molar-refractivity contribution in [2.75, 3.05) is 26.0 Å². The molecule has 0 aliphatic heterocycles. The van der Waals surface area contributed by atoms with E-state index in [-0.39, 0.29) is 12.5 Å². The van der Waals surface area contributed by atoms with Gasteiger partial charge in [-0.1, -0.05) is 6.07 Å². The summed E-state index contributed by atoms with van der Waals surface area (Å²) in [7, 11) is 3.13. The van der Waals surface area contributed by atoms with Gasteiger partial charge in [-0.15, -0.1) is 11.3 Å². The van der Waals surface area contributed by atoms with Gasteiger partial charge in [0.1, 0.15) is 22.9 Å². The monoisotopic (exact) mass is 402 g/mol. The number of amides is 1. The van der Waals surface area contributed by atoms with E-state index in [0.717, 1.165) is 4.88 Å². The maximum Gasteiger partial charge on any atom is 0.341 e. The van der Waals surface area contributed by atoms with E-state index in [4.69, 9.17) is 9.15 Å². The summed E-state index contributed by atoms with van der Waals surface area (Å²) in [5.41, 5.74) is 0.396. The molecule has 0 spiro atoms. The highest BCUT2D eigenvalue weighted by Gasteiger charge is 2.17. The Morgan fingerprint density at radius 3 is 2.93 bits per heavy atom. The fourth-order valence-corrected chi connectivity index (χ4v) is 3.48. The van der Waals surface area contributed by atoms with Gasteiger partial charge in [-0.25, -0.2) is 9.48 Å². The summed E-state index contributed by atoms with van der Waals surface area (Å²) in [5.74, 6) is 1.14. The van der Waals surface area contributed by atoms with Crippen LogP contribution in [0, 0.1) is 6.92 Å². The Hall–Kier alpha value is -2.91. The minimum Gasteiger partial charge on any atom is -0.465 e. The molecule has 0 unspecified atom stereocenters. The Kier molecular flexibility index (Phi) is 6.27. The number of likely N-dealkylation sites (N-methyl/N-ethyl adjacent to an activating group) is 1. The maximum absolute atomic E-state index is 12.4. The van der Waals surface area contributed by atoms with E-state index in [1.54, 1.807) is 53.2 Å². The molecule has 3 heterocycles. The van der Waals surface area contributed by atoms with Crippen LogP contribution in [0.2, 0.25) is 0 Å². The number of esters is 1. The van der Waals surface area contributed by atoms with Crippen molar-refractivity contribution < 1.29 is 18.7 Å². The molecule has 0 fully saturated rings. The molecule has 0 radical (unpaired) electrons. The number of aryl methyl sites for hydroxylation is 1. The third kappa shape index (κ3) is 4.87. The second kappa shape index (κ2) is 8.85. The zero-order valence-electron chi connectivity index (χ0n) is 16.0. The number of rotatable bonds is 8. The first-order valence-corrected chi connectivity index (χ1v) is 9.54. The van der Waals surface area contributed by atoms with E-state index < -0.39 is 5.97 Å². The fourth-order valence-electron chi connectivity index (χ4n) is 2.80. The minimum atomic E-state index is -0.438. The number of nitrogens with one attached hydrogen (secondary N) is 1. The van der Waals surface area contributed by atoms with Gasteiger partial charge in [0.25, 0.3) is 0 Å². The quantitative estimate of drug-likeness (QED) is 0.583. The highest BCUT2D eigenvalue weighted by molar-refractivity contribution is 7.09. The first kappa shape index (κ1) is 19.8. The lowest BCUT2D eigenvalue weighted by Crippen LogP contribution is -2.30. The standard InChI is InChI=1S/C19H22N4O4S/c1-13-16(19(25)26-3)9-14(27-13)10-22(2)12-18(24)21-17-6-7-20-23(17)11-15-5-4-8-28-15/h4-9H,10-12H2,1-3H3,(H,21,24). The van der Waals surface area contributed by atoms with Gasteiger partial charge in [0.05, 0.1) is 32.9 Å². The molecule has 1 amide bonds. The predicted octanol–water partition coefficient (Wildman–Crippen LogP) is 2.75. The second-order valence-electron chi connectivity index (χ2n) is 6.35. The normalized spacial score (nSPS) is 11.0. The summed E-state index contributed by atoms with van der Waals surface area (Å²) in [6.45, 7) is 2.87. The Morgan fingerprint density at radius 2 is 2.21 bits per heavy atom. The number of thiophene rings is 1. The lowest BCUT2D eigenvalue weighted by atomic mass is 10.2. The molecule has 0 aliphatic carbocycles. The summed E-state index contributed by atoms with van der Waals surface area (Å²) in [6, 6.07) is 7.42. The molecule has 0 aromatic carbocycles. The SMILES string of the molecule is COC(=O)c1cc(CN(C)CC(=O)Nc2ccnn2Cc2cccs2)oc1C. The number of furan rings is 1. The van der Waals surface area contributed by atoms with E-state index in [0.29, 0.717) is 36.0 Å². The number of methoxy groups -OCH3 is 1. The van der Waals surface area contributed by atoms with Crippen LogP contribution in [0.15, 0.2) is 40.3 Å². The van der Waals surface area contributed by atoms with Crippen LogP contribution >= 0.6 is 11.3 Å². The average molecular weight is 402 g/mol. The lowest BCUT2D eigenvalue weighted by molar-refractivity contribution is -0.117. The van der Waals surface area contributed by atoms with Gasteiger partial charge < -0.3 is 14.5 Å². The number of nitrogens with zero attached hydrogens (tertiary/aromatic N) is 3. The van der Waals surface area contributed by atoms with Crippen LogP contribution < -0.4 is 5.32 Å². The van der Waals surface area contributed by atoms with Crippen molar-refractivity contribution in [3.8, 4) is 0 Å². The van der Waals surface area contributed by atoms with E-state index in [9.17, 15) is 9.59 Å². The Morgan fingerprint density at radius 1 is 1.39 bits per heavy atom. The number of hydrogen-bond donors (Lipinski definition) is 1. The molecule has 28 heavy (non-hydrogen) atoms. The Labute approximate surface area is 166 Å². The van der Waals surface area contributed by atoms with Crippen LogP contribution in [-0.2, 0) is 22.6 Å². The molecule has 1 N–H and O–H groups in total. The summed E-state index contributed by atoms with van der Waals surface area (Å²) in [6.07, 6.45) is 1.66. The number of ether oxygens (including phenoxy) is 1. The summed E-state index contributed by atoms with van der Waals surface area (Å²) >= 11 is 1.64. The van der Waals surface area contributed by atoms with Crippen molar-refractivity contribution in [1.82, 2.24) is 14.7 Å². The molecule has 9 heteroatoms. The van der Waals surface area contributed by atoms with Gasteiger partial charge in [-0.05, 0) is 31.5 Å². The topological polar surface area (TPSA) is 89.6 Å². The van der Waals surface area contributed by atoms with Crippen LogP contribution in [0.4, 0.5) is 5.82 Å². The number of aromatic nitrogens is 2. The van der Waals surface area contributed by atoms with Crippen LogP contribution in [0.3, 0.4) is 0 Å². The molecular weight excluding hydrogens is 380 g/mol. The van der Waals surface area contributed by atoms with Crippen LogP contribution in [0.25, 0.3) is 0 Å². The molecule has 3 rings (SSSR count). The number of carbonyl (C=O) groups excluding carboxylic acids is 2. The molecular formula is C19H22N4O4S. The lowest BCUT2D eigenvalue weighted by Gasteiger charge is -2.15. The molecule has 3 aromatic heterocycles. The van der Waals surface area contributed by atoms with Crippen LogP contribution in [0.1, 0.15) is 26.8 Å². The summed E-state index contributed by atoms with van der Waals surface area (Å²) in [4.78, 5) is 27.0. The third-order valence-electron chi connectivity index (χ3n) is 4.08. The number of carbonyl (C=O) groups is 2. The largest absolute Gasteiger partial charge is 0.465 e. The predicted molar refractivity (Wildman–Crippen MR) is 105 cm³/mol. The van der Waals surface area contributed by atoms with Crippen molar-refractivity contribution in [3.63, 3.8) is 0 Å². The highest BCUT2D eigenvalue weighted by atomic mass is 32.1. The summed E-state index contributed by atoms with van der Waals surface area (Å²) in [5, 5.41) is 9.16. The second-order valence-corrected chi connectivity index (χ2v) is 7.38. The molecule has 0 aliphatic rings. The molecule has 0 atom stereocenters. The van der Waals surface area contributed by atoms with E-state index in [2.05, 4.69) is 10.4 Å². The highest BCUT2D eigenvalue weighted by Crippen LogP contribution is 2.17.